The van der Waals surface area contributed by atoms with Crippen LogP contribution in [0.1, 0.15) is 0 Å². The Bertz CT molecular complexity index is 3220. The molecule has 56 heavy (non-hydrogen) atoms. The van der Waals surface area contributed by atoms with Crippen molar-refractivity contribution < 1.29 is 8.83 Å². The molecule has 0 spiro atoms. The van der Waals surface area contributed by atoms with Crippen LogP contribution in [0.15, 0.2) is 191 Å². The first-order valence-corrected chi connectivity index (χ1v) is 18.5. The third-order valence-electron chi connectivity index (χ3n) is 10.5. The summed E-state index contributed by atoms with van der Waals surface area (Å²) in [6.07, 6.45) is 3.64. The van der Waals surface area contributed by atoms with Crippen molar-refractivity contribution in [2.45, 2.75) is 0 Å². The number of hydrogen-bond acceptors (Lipinski definition) is 6. The second-order valence-corrected chi connectivity index (χ2v) is 13.8. The Morgan fingerprint density at radius 2 is 0.857 bits per heavy atom. The Kier molecular flexibility index (Phi) is 7.38. The lowest BCUT2D eigenvalue weighted by Crippen LogP contribution is -2.00. The molecule has 0 aliphatic carbocycles. The second-order valence-electron chi connectivity index (χ2n) is 13.8. The lowest BCUT2D eigenvalue weighted by atomic mass is 9.93. The van der Waals surface area contributed by atoms with E-state index in [-0.39, 0.29) is 0 Å². The van der Waals surface area contributed by atoms with Crippen molar-refractivity contribution in [2.24, 2.45) is 0 Å². The molecule has 0 N–H and O–H groups in total. The van der Waals surface area contributed by atoms with Gasteiger partial charge in [-0.1, -0.05) is 146 Å². The van der Waals surface area contributed by atoms with Gasteiger partial charge < -0.3 is 8.83 Å². The van der Waals surface area contributed by atoms with Crippen LogP contribution >= 0.6 is 0 Å². The van der Waals surface area contributed by atoms with E-state index < -0.39 is 0 Å². The van der Waals surface area contributed by atoms with Crippen molar-refractivity contribution >= 4 is 43.9 Å². The maximum atomic E-state index is 6.69. The van der Waals surface area contributed by atoms with Crippen LogP contribution in [-0.4, -0.2) is 19.9 Å². The topological polar surface area (TPSA) is 77.8 Å². The minimum Gasteiger partial charge on any atom is -0.455 e. The van der Waals surface area contributed by atoms with Crippen LogP contribution in [0, 0.1) is 0 Å². The molecule has 0 atom stereocenters. The summed E-state index contributed by atoms with van der Waals surface area (Å²) in [6, 6.07) is 57.8. The lowest BCUT2D eigenvalue weighted by molar-refractivity contribution is 0.669. The number of furan rings is 2. The molecule has 4 aromatic heterocycles. The second kappa shape index (κ2) is 13.0. The van der Waals surface area contributed by atoms with E-state index in [0.29, 0.717) is 17.5 Å². The quantitative estimate of drug-likeness (QED) is 0.170. The summed E-state index contributed by atoms with van der Waals surface area (Å²) in [7, 11) is 0. The van der Waals surface area contributed by atoms with Gasteiger partial charge in [-0.05, 0) is 46.5 Å². The smallest absolute Gasteiger partial charge is 0.164 e. The molecule has 0 unspecified atom stereocenters. The molecule has 6 nitrogen and oxygen atoms in total. The first kappa shape index (κ1) is 31.8. The molecule has 7 aromatic carbocycles. The number of aromatic nitrogens is 4. The summed E-state index contributed by atoms with van der Waals surface area (Å²) in [4.78, 5) is 19.2. The Morgan fingerprint density at radius 3 is 1.55 bits per heavy atom. The SMILES string of the molecule is c1ccc(-c2nc(-c3ccc(-c4cccnc4)cc3)nc(-c3ccc(-c4ccc(-c5cccc6c5oc5ccccc56)c5c4oc4ccccc45)cc3)n2)cc1. The summed E-state index contributed by atoms with van der Waals surface area (Å²) in [5, 5.41) is 4.31. The number of pyridine rings is 1. The van der Waals surface area contributed by atoms with Crippen molar-refractivity contribution in [3.63, 3.8) is 0 Å². The van der Waals surface area contributed by atoms with Gasteiger partial charge in [0.1, 0.15) is 22.3 Å². The van der Waals surface area contributed by atoms with Gasteiger partial charge in [-0.2, -0.15) is 0 Å². The van der Waals surface area contributed by atoms with Crippen LogP contribution in [0.2, 0.25) is 0 Å². The first-order valence-electron chi connectivity index (χ1n) is 18.5. The molecule has 11 aromatic rings. The Hall–Kier alpha value is -7.70. The van der Waals surface area contributed by atoms with E-state index in [9.17, 15) is 0 Å². The predicted molar refractivity (Wildman–Crippen MR) is 225 cm³/mol. The van der Waals surface area contributed by atoms with Gasteiger partial charge in [0.25, 0.3) is 0 Å². The maximum Gasteiger partial charge on any atom is 0.164 e. The fraction of sp³-hybridized carbons (Fsp3) is 0. The van der Waals surface area contributed by atoms with Crippen LogP contribution < -0.4 is 0 Å². The van der Waals surface area contributed by atoms with E-state index in [0.717, 1.165) is 93.9 Å². The molecule has 11 rings (SSSR count). The van der Waals surface area contributed by atoms with E-state index in [1.54, 1.807) is 6.20 Å². The minimum atomic E-state index is 0.597. The highest BCUT2D eigenvalue weighted by atomic mass is 16.3. The Labute approximate surface area is 321 Å². The Morgan fingerprint density at radius 1 is 0.321 bits per heavy atom. The molecular weight excluding hydrogens is 689 g/mol. The fourth-order valence-corrected chi connectivity index (χ4v) is 7.73. The molecule has 0 fully saturated rings. The third-order valence-corrected chi connectivity index (χ3v) is 10.5. The van der Waals surface area contributed by atoms with E-state index in [1.165, 1.54) is 0 Å². The summed E-state index contributed by atoms with van der Waals surface area (Å²) < 4.78 is 13.2. The Balaban J connectivity index is 1.02. The first-order chi connectivity index (χ1) is 27.7. The third kappa shape index (κ3) is 5.35. The van der Waals surface area contributed by atoms with E-state index in [2.05, 4.69) is 114 Å². The monoisotopic (exact) mass is 718 g/mol. The number of benzene rings is 7. The highest BCUT2D eigenvalue weighted by Gasteiger charge is 2.21. The molecule has 0 saturated heterocycles. The van der Waals surface area contributed by atoms with Gasteiger partial charge in [-0.25, -0.2) is 15.0 Å². The number of nitrogens with zero attached hydrogens (tertiary/aromatic N) is 4. The highest BCUT2D eigenvalue weighted by Crippen LogP contribution is 2.45. The van der Waals surface area contributed by atoms with Gasteiger partial charge in [0.05, 0.1) is 0 Å². The van der Waals surface area contributed by atoms with Crippen molar-refractivity contribution in [1.29, 1.82) is 0 Å². The number of para-hydroxylation sites is 3. The van der Waals surface area contributed by atoms with Crippen molar-refractivity contribution in [3.8, 4) is 67.5 Å². The molecule has 262 valence electrons. The zero-order chi connectivity index (χ0) is 37.0. The largest absolute Gasteiger partial charge is 0.455 e. The molecule has 4 heterocycles. The maximum absolute atomic E-state index is 6.69. The van der Waals surface area contributed by atoms with Crippen LogP contribution in [0.4, 0.5) is 0 Å². The lowest BCUT2D eigenvalue weighted by Gasteiger charge is -2.11. The zero-order valence-corrected chi connectivity index (χ0v) is 29.9. The van der Waals surface area contributed by atoms with Gasteiger partial charge in [-0.15, -0.1) is 0 Å². The number of rotatable bonds is 6. The van der Waals surface area contributed by atoms with Gasteiger partial charge in [0.2, 0.25) is 0 Å². The van der Waals surface area contributed by atoms with Crippen molar-refractivity contribution in [3.05, 3.63) is 182 Å². The number of fused-ring (bicyclic) bond motifs is 6. The normalized spacial score (nSPS) is 11.6. The molecule has 0 radical (unpaired) electrons. The summed E-state index contributed by atoms with van der Waals surface area (Å²) in [5.74, 6) is 1.82. The van der Waals surface area contributed by atoms with E-state index in [1.807, 2.05) is 66.9 Å². The zero-order valence-electron chi connectivity index (χ0n) is 29.9. The molecule has 0 bridgehead atoms. The van der Waals surface area contributed by atoms with Gasteiger partial charge in [0, 0.05) is 61.8 Å². The highest BCUT2D eigenvalue weighted by molar-refractivity contribution is 6.19. The standard InChI is InChI=1S/C50H30N4O2/c1-2-10-33(11-3-1)48-52-49(34-23-19-31(20-24-34)36-12-9-29-51-30-36)54-50(53-48)35-25-21-32(22-26-35)37-27-28-39(45-42-14-5-7-18-44(42)56-47(37)45)41-16-8-15-40-38-13-4-6-17-43(38)55-46(40)41/h1-30H. The van der Waals surface area contributed by atoms with Gasteiger partial charge in [0.15, 0.2) is 17.5 Å². The minimum absolute atomic E-state index is 0.597. The van der Waals surface area contributed by atoms with Crippen molar-refractivity contribution in [2.75, 3.05) is 0 Å². The van der Waals surface area contributed by atoms with Gasteiger partial charge in [-0.3, -0.25) is 4.98 Å². The summed E-state index contributed by atoms with van der Waals surface area (Å²) in [5.41, 5.74) is 12.4. The van der Waals surface area contributed by atoms with E-state index >= 15 is 0 Å². The van der Waals surface area contributed by atoms with Crippen LogP contribution in [0.3, 0.4) is 0 Å². The van der Waals surface area contributed by atoms with Gasteiger partial charge >= 0.3 is 0 Å². The van der Waals surface area contributed by atoms with Crippen molar-refractivity contribution in [1.82, 2.24) is 19.9 Å². The average molecular weight is 719 g/mol. The molecule has 0 saturated carbocycles. The van der Waals surface area contributed by atoms with E-state index in [4.69, 9.17) is 23.8 Å². The fourth-order valence-electron chi connectivity index (χ4n) is 7.73. The molecule has 0 aliphatic heterocycles. The van der Waals surface area contributed by atoms with Crippen LogP contribution in [0.25, 0.3) is 111 Å². The average Bonchev–Trinajstić information content (AvgIpc) is 3.86. The van der Waals surface area contributed by atoms with Crippen LogP contribution in [-0.2, 0) is 0 Å². The molecule has 0 amide bonds. The van der Waals surface area contributed by atoms with Crippen LogP contribution in [0.5, 0.6) is 0 Å². The number of hydrogen-bond donors (Lipinski definition) is 0. The molecule has 0 aliphatic rings. The molecular formula is C50H30N4O2. The molecule has 6 heteroatoms. The predicted octanol–water partition coefficient (Wildman–Crippen LogP) is 13.1. The summed E-state index contributed by atoms with van der Waals surface area (Å²) in [6.45, 7) is 0. The summed E-state index contributed by atoms with van der Waals surface area (Å²) >= 11 is 0.